The smallest absolute Gasteiger partial charge is 0.339 e. The Kier molecular flexibility index (Phi) is 6.24. The molecule has 2 aromatic heterocycles. The second kappa shape index (κ2) is 9.40. The number of nitrogens with zero attached hydrogens (tertiary/aromatic N) is 1. The average molecular weight is 433 g/mol. The molecule has 2 heterocycles. The average Bonchev–Trinajstić information content (AvgIpc) is 3.35. The highest BCUT2D eigenvalue weighted by Gasteiger charge is 2.17. The van der Waals surface area contributed by atoms with Crippen LogP contribution in [0.5, 0.6) is 5.75 Å². The van der Waals surface area contributed by atoms with E-state index in [4.69, 9.17) is 9.47 Å². The van der Waals surface area contributed by atoms with Gasteiger partial charge in [-0.25, -0.2) is 9.78 Å². The molecule has 2 aromatic carbocycles. The number of fused-ring (bicyclic) bond motifs is 1. The van der Waals surface area contributed by atoms with Crippen LogP contribution in [0.3, 0.4) is 0 Å². The molecule has 6 nitrogen and oxygen atoms in total. The summed E-state index contributed by atoms with van der Waals surface area (Å²) in [4.78, 5) is 30.6. The van der Waals surface area contributed by atoms with Crippen LogP contribution in [-0.2, 0) is 16.1 Å². The molecule has 0 aliphatic carbocycles. The molecule has 31 heavy (non-hydrogen) atoms. The molecule has 7 heteroatoms. The maximum atomic E-state index is 12.8. The van der Waals surface area contributed by atoms with Crippen molar-refractivity contribution in [2.75, 3.05) is 13.7 Å². The molecule has 0 atom stereocenters. The highest BCUT2D eigenvalue weighted by molar-refractivity contribution is 7.13. The van der Waals surface area contributed by atoms with E-state index in [1.54, 1.807) is 24.5 Å². The van der Waals surface area contributed by atoms with Gasteiger partial charge in [0.1, 0.15) is 5.75 Å². The number of carbonyl (C=O) groups excluding carboxylic acids is 2. The molecular formula is C24H20N2O4S. The first-order valence-corrected chi connectivity index (χ1v) is 10.5. The van der Waals surface area contributed by atoms with Gasteiger partial charge in [0.15, 0.2) is 6.61 Å². The number of esters is 1. The largest absolute Gasteiger partial charge is 0.497 e. The quantitative estimate of drug-likeness (QED) is 0.437. The molecule has 4 rings (SSSR count). The molecule has 156 valence electrons. The van der Waals surface area contributed by atoms with Crippen molar-refractivity contribution in [1.82, 2.24) is 10.3 Å². The first-order chi connectivity index (χ1) is 15.1. The molecule has 1 amide bonds. The Morgan fingerprint density at radius 3 is 2.71 bits per heavy atom. The lowest BCUT2D eigenvalue weighted by Crippen LogP contribution is -2.28. The minimum atomic E-state index is -0.562. The van der Waals surface area contributed by atoms with Crippen molar-refractivity contribution in [2.24, 2.45) is 0 Å². The lowest BCUT2D eigenvalue weighted by molar-refractivity contribution is -0.124. The van der Waals surface area contributed by atoms with Crippen LogP contribution in [-0.4, -0.2) is 30.6 Å². The summed E-state index contributed by atoms with van der Waals surface area (Å²) in [5.41, 5.74) is 2.67. The van der Waals surface area contributed by atoms with Crippen LogP contribution in [0.25, 0.3) is 21.5 Å². The molecule has 1 N–H and O–H groups in total. The van der Waals surface area contributed by atoms with Crippen molar-refractivity contribution in [3.05, 3.63) is 83.2 Å². The fraction of sp³-hybridized carbons (Fsp3) is 0.125. The van der Waals surface area contributed by atoms with Gasteiger partial charge >= 0.3 is 5.97 Å². The van der Waals surface area contributed by atoms with Gasteiger partial charge in [-0.05, 0) is 41.3 Å². The molecule has 0 saturated carbocycles. The summed E-state index contributed by atoms with van der Waals surface area (Å²) in [6.07, 6.45) is 0. The van der Waals surface area contributed by atoms with Crippen LogP contribution in [0, 0.1) is 0 Å². The third kappa shape index (κ3) is 4.90. The SMILES string of the molecule is COc1cccc(CNC(=O)COC(=O)c2cc(-c3cccs3)nc3ccccc23)c1. The summed E-state index contributed by atoms with van der Waals surface area (Å²) in [6, 6.07) is 20.4. The normalized spacial score (nSPS) is 10.6. The van der Waals surface area contributed by atoms with Gasteiger partial charge in [0, 0.05) is 11.9 Å². The highest BCUT2D eigenvalue weighted by atomic mass is 32.1. The zero-order valence-corrected chi connectivity index (χ0v) is 17.6. The standard InChI is InChI=1S/C24H20N2O4S/c1-29-17-7-4-6-16(12-17)14-25-23(27)15-30-24(28)19-13-21(22-10-5-11-31-22)26-20-9-3-2-8-18(19)20/h2-13H,14-15H2,1H3,(H,25,27). The highest BCUT2D eigenvalue weighted by Crippen LogP contribution is 2.28. The summed E-state index contributed by atoms with van der Waals surface area (Å²) in [5.74, 6) is -0.231. The zero-order chi connectivity index (χ0) is 21.6. The van der Waals surface area contributed by atoms with E-state index in [2.05, 4.69) is 10.3 Å². The number of benzene rings is 2. The van der Waals surface area contributed by atoms with E-state index in [9.17, 15) is 9.59 Å². The van der Waals surface area contributed by atoms with Gasteiger partial charge in [-0.3, -0.25) is 4.79 Å². The fourth-order valence-electron chi connectivity index (χ4n) is 3.14. The van der Waals surface area contributed by atoms with Crippen LogP contribution in [0.2, 0.25) is 0 Å². The van der Waals surface area contributed by atoms with Crippen molar-refractivity contribution in [3.63, 3.8) is 0 Å². The van der Waals surface area contributed by atoms with Gasteiger partial charge in [-0.1, -0.05) is 36.4 Å². The number of amides is 1. The Labute approximate surface area is 183 Å². The predicted molar refractivity (Wildman–Crippen MR) is 120 cm³/mol. The maximum Gasteiger partial charge on any atom is 0.339 e. The second-order valence-corrected chi connectivity index (χ2v) is 7.70. The van der Waals surface area contributed by atoms with E-state index in [1.807, 2.05) is 66.0 Å². The van der Waals surface area contributed by atoms with Crippen molar-refractivity contribution in [1.29, 1.82) is 0 Å². The Morgan fingerprint density at radius 1 is 1.03 bits per heavy atom. The minimum Gasteiger partial charge on any atom is -0.497 e. The zero-order valence-electron chi connectivity index (χ0n) is 16.8. The number of ether oxygens (including phenoxy) is 2. The molecule has 0 aliphatic heterocycles. The summed E-state index contributed by atoms with van der Waals surface area (Å²) < 4.78 is 10.5. The number of methoxy groups -OCH3 is 1. The van der Waals surface area contributed by atoms with Crippen molar-refractivity contribution < 1.29 is 19.1 Å². The van der Waals surface area contributed by atoms with Crippen molar-refractivity contribution >= 4 is 34.1 Å². The molecule has 0 aliphatic rings. The Bertz CT molecular complexity index is 1220. The minimum absolute atomic E-state index is 0.314. The molecule has 0 saturated heterocycles. The molecule has 0 spiro atoms. The van der Waals surface area contributed by atoms with E-state index < -0.39 is 5.97 Å². The van der Waals surface area contributed by atoms with Gasteiger partial charge in [-0.2, -0.15) is 0 Å². The topological polar surface area (TPSA) is 77.5 Å². The van der Waals surface area contributed by atoms with Gasteiger partial charge in [0.2, 0.25) is 0 Å². The van der Waals surface area contributed by atoms with Gasteiger partial charge < -0.3 is 14.8 Å². The molecule has 4 aromatic rings. The summed E-state index contributed by atoms with van der Waals surface area (Å²) >= 11 is 1.54. The molecular weight excluding hydrogens is 412 g/mol. The summed E-state index contributed by atoms with van der Waals surface area (Å²) in [7, 11) is 1.59. The monoisotopic (exact) mass is 432 g/mol. The summed E-state index contributed by atoms with van der Waals surface area (Å²) in [6.45, 7) is -0.0535. The summed E-state index contributed by atoms with van der Waals surface area (Å²) in [5, 5.41) is 5.39. The fourth-order valence-corrected chi connectivity index (χ4v) is 3.82. The first kappa shape index (κ1) is 20.6. The molecule has 0 unspecified atom stereocenters. The second-order valence-electron chi connectivity index (χ2n) is 6.75. The van der Waals surface area contributed by atoms with Crippen LogP contribution in [0.15, 0.2) is 72.1 Å². The number of pyridine rings is 1. The third-order valence-corrected chi connectivity index (χ3v) is 5.56. The number of hydrogen-bond donors (Lipinski definition) is 1. The van der Waals surface area contributed by atoms with Crippen molar-refractivity contribution in [2.45, 2.75) is 6.54 Å². The van der Waals surface area contributed by atoms with E-state index in [0.29, 0.717) is 34.5 Å². The van der Waals surface area contributed by atoms with E-state index in [0.717, 1.165) is 10.4 Å². The van der Waals surface area contributed by atoms with E-state index in [1.165, 1.54) is 0 Å². The lowest BCUT2D eigenvalue weighted by atomic mass is 10.1. The number of para-hydroxylation sites is 1. The first-order valence-electron chi connectivity index (χ1n) is 9.64. The number of hydrogen-bond acceptors (Lipinski definition) is 6. The number of thiophene rings is 1. The lowest BCUT2D eigenvalue weighted by Gasteiger charge is -2.10. The molecule has 0 bridgehead atoms. The van der Waals surface area contributed by atoms with Gasteiger partial charge in [0.05, 0.1) is 28.8 Å². The number of aromatic nitrogens is 1. The maximum absolute atomic E-state index is 12.8. The third-order valence-electron chi connectivity index (χ3n) is 4.67. The van der Waals surface area contributed by atoms with E-state index in [-0.39, 0.29) is 12.5 Å². The predicted octanol–water partition coefficient (Wildman–Crippen LogP) is 4.45. The van der Waals surface area contributed by atoms with E-state index >= 15 is 0 Å². The van der Waals surface area contributed by atoms with Crippen LogP contribution in [0.4, 0.5) is 0 Å². The number of nitrogens with one attached hydrogen (secondary N) is 1. The van der Waals surface area contributed by atoms with Gasteiger partial charge in [-0.15, -0.1) is 11.3 Å². The van der Waals surface area contributed by atoms with Crippen molar-refractivity contribution in [3.8, 4) is 16.3 Å². The number of carbonyl (C=O) groups is 2. The molecule has 0 radical (unpaired) electrons. The Hall–Kier alpha value is -3.71. The van der Waals surface area contributed by atoms with Gasteiger partial charge in [0.25, 0.3) is 5.91 Å². The van der Waals surface area contributed by atoms with Crippen LogP contribution < -0.4 is 10.1 Å². The number of rotatable bonds is 7. The Balaban J connectivity index is 1.45. The molecule has 0 fully saturated rings. The van der Waals surface area contributed by atoms with Crippen LogP contribution >= 0.6 is 11.3 Å². The van der Waals surface area contributed by atoms with Crippen LogP contribution in [0.1, 0.15) is 15.9 Å². The Morgan fingerprint density at radius 2 is 1.90 bits per heavy atom.